The van der Waals surface area contributed by atoms with Crippen LogP contribution in [0, 0.1) is 0 Å². The molecule has 3 rings (SSSR count). The molecule has 1 aromatic carbocycles. The molecule has 2 heterocycles. The summed E-state index contributed by atoms with van der Waals surface area (Å²) in [5, 5.41) is 6.51. The molecule has 23 heavy (non-hydrogen) atoms. The Balaban J connectivity index is 1.78. The fraction of sp³-hybridized carbons (Fsp3) is 0.412. The van der Waals surface area contributed by atoms with E-state index in [4.69, 9.17) is 4.99 Å². The Morgan fingerprint density at radius 1 is 1.39 bits per heavy atom. The summed E-state index contributed by atoms with van der Waals surface area (Å²) in [5.74, 6) is 0.942. The second-order valence-electron chi connectivity index (χ2n) is 5.72. The molecule has 1 aliphatic rings. The van der Waals surface area contributed by atoms with Crippen LogP contribution >= 0.6 is 11.3 Å². The van der Waals surface area contributed by atoms with Crippen LogP contribution in [-0.2, 0) is 13.0 Å². The highest BCUT2D eigenvalue weighted by Gasteiger charge is 2.22. The van der Waals surface area contributed by atoms with Gasteiger partial charge in [0, 0.05) is 38.3 Å². The van der Waals surface area contributed by atoms with Gasteiger partial charge in [0.15, 0.2) is 11.1 Å². The Morgan fingerprint density at radius 3 is 2.96 bits per heavy atom. The molecule has 2 aromatic rings. The lowest BCUT2D eigenvalue weighted by atomic mass is 10.2. The van der Waals surface area contributed by atoms with E-state index in [2.05, 4.69) is 51.8 Å². The number of nitrogens with one attached hydrogen (secondary N) is 1. The van der Waals surface area contributed by atoms with Gasteiger partial charge in [0.05, 0.1) is 12.2 Å². The van der Waals surface area contributed by atoms with Gasteiger partial charge in [0.2, 0.25) is 0 Å². The molecule has 0 bridgehead atoms. The Morgan fingerprint density at radius 2 is 2.22 bits per heavy atom. The molecule has 0 fully saturated rings. The van der Waals surface area contributed by atoms with E-state index in [1.165, 1.54) is 11.3 Å². The maximum absolute atomic E-state index is 4.79. The molecule has 1 aromatic heterocycles. The number of fused-ring (bicyclic) bond motifs is 1. The summed E-state index contributed by atoms with van der Waals surface area (Å²) in [7, 11) is 4.02. The van der Waals surface area contributed by atoms with Crippen LogP contribution in [0.15, 0.2) is 34.6 Å². The van der Waals surface area contributed by atoms with Crippen LogP contribution in [0.1, 0.15) is 18.2 Å². The SMILES string of the molecule is CCNC(=NCc1csc(N(C)C)n1)N1CCc2ccccc21. The summed E-state index contributed by atoms with van der Waals surface area (Å²) >= 11 is 1.66. The standard InChI is InChI=1S/C17H23N5S/c1-4-18-16(19-11-14-12-23-17(20-14)21(2)3)22-10-9-13-7-5-6-8-15(13)22/h5-8,12H,4,9-11H2,1-3H3,(H,18,19). The first-order chi connectivity index (χ1) is 11.2. The smallest absolute Gasteiger partial charge is 0.198 e. The van der Waals surface area contributed by atoms with E-state index in [0.717, 1.165) is 36.3 Å². The zero-order valence-corrected chi connectivity index (χ0v) is 14.7. The van der Waals surface area contributed by atoms with Crippen LogP contribution in [-0.4, -0.2) is 38.1 Å². The van der Waals surface area contributed by atoms with Crippen LogP contribution in [0.25, 0.3) is 0 Å². The number of para-hydroxylation sites is 1. The van der Waals surface area contributed by atoms with E-state index in [1.807, 2.05) is 19.0 Å². The first-order valence-electron chi connectivity index (χ1n) is 7.94. The van der Waals surface area contributed by atoms with Gasteiger partial charge in [-0.1, -0.05) is 18.2 Å². The normalized spacial score (nSPS) is 14.0. The highest BCUT2D eigenvalue weighted by molar-refractivity contribution is 7.13. The first kappa shape index (κ1) is 15.8. The highest BCUT2D eigenvalue weighted by Crippen LogP contribution is 2.27. The second kappa shape index (κ2) is 7.00. The Bertz CT molecular complexity index is 692. The Kier molecular flexibility index (Phi) is 4.81. The predicted octanol–water partition coefficient (Wildman–Crippen LogP) is 2.74. The fourth-order valence-electron chi connectivity index (χ4n) is 2.68. The quantitative estimate of drug-likeness (QED) is 0.692. The monoisotopic (exact) mass is 329 g/mol. The number of aromatic nitrogens is 1. The van der Waals surface area contributed by atoms with Gasteiger partial charge in [0.25, 0.3) is 0 Å². The molecule has 0 spiro atoms. The molecule has 122 valence electrons. The molecule has 0 amide bonds. The van der Waals surface area contributed by atoms with Crippen molar-refractivity contribution in [2.24, 2.45) is 4.99 Å². The van der Waals surface area contributed by atoms with Crippen molar-refractivity contribution in [3.63, 3.8) is 0 Å². The summed E-state index contributed by atoms with van der Waals surface area (Å²) in [5.41, 5.74) is 3.67. The van der Waals surface area contributed by atoms with E-state index in [0.29, 0.717) is 6.54 Å². The van der Waals surface area contributed by atoms with Crippen LogP contribution in [0.5, 0.6) is 0 Å². The zero-order chi connectivity index (χ0) is 16.2. The lowest BCUT2D eigenvalue weighted by Crippen LogP contribution is -2.40. The largest absolute Gasteiger partial charge is 0.356 e. The third-order valence-electron chi connectivity index (χ3n) is 3.79. The van der Waals surface area contributed by atoms with Crippen molar-refractivity contribution >= 4 is 28.1 Å². The minimum atomic E-state index is 0.603. The third-order valence-corrected chi connectivity index (χ3v) is 4.85. The molecular weight excluding hydrogens is 306 g/mol. The summed E-state index contributed by atoms with van der Waals surface area (Å²) < 4.78 is 0. The van der Waals surface area contributed by atoms with Crippen molar-refractivity contribution in [3.8, 4) is 0 Å². The minimum absolute atomic E-state index is 0.603. The van der Waals surface area contributed by atoms with Gasteiger partial charge in [-0.3, -0.25) is 0 Å². The summed E-state index contributed by atoms with van der Waals surface area (Å²) in [4.78, 5) is 13.7. The van der Waals surface area contributed by atoms with E-state index in [-0.39, 0.29) is 0 Å². The first-order valence-corrected chi connectivity index (χ1v) is 8.82. The molecule has 0 atom stereocenters. The van der Waals surface area contributed by atoms with E-state index >= 15 is 0 Å². The number of hydrogen-bond donors (Lipinski definition) is 1. The molecule has 0 saturated heterocycles. The molecule has 1 aliphatic heterocycles. The predicted molar refractivity (Wildman–Crippen MR) is 98.7 cm³/mol. The second-order valence-corrected chi connectivity index (χ2v) is 6.55. The molecule has 0 radical (unpaired) electrons. The number of thiazole rings is 1. The Hall–Kier alpha value is -2.08. The third kappa shape index (κ3) is 3.47. The number of benzene rings is 1. The van der Waals surface area contributed by atoms with Crippen LogP contribution in [0.3, 0.4) is 0 Å². The number of aliphatic imine (C=N–C) groups is 1. The number of anilines is 2. The summed E-state index contributed by atoms with van der Waals surface area (Å²) in [6, 6.07) is 8.56. The highest BCUT2D eigenvalue weighted by atomic mass is 32.1. The average Bonchev–Trinajstić information content (AvgIpc) is 3.18. The van der Waals surface area contributed by atoms with Crippen molar-refractivity contribution < 1.29 is 0 Å². The molecule has 0 unspecified atom stereocenters. The van der Waals surface area contributed by atoms with E-state index < -0.39 is 0 Å². The van der Waals surface area contributed by atoms with Gasteiger partial charge < -0.3 is 15.1 Å². The molecule has 1 N–H and O–H groups in total. The van der Waals surface area contributed by atoms with Gasteiger partial charge in [-0.15, -0.1) is 11.3 Å². The summed E-state index contributed by atoms with van der Waals surface area (Å²) in [6.07, 6.45) is 1.07. The van der Waals surface area contributed by atoms with E-state index in [9.17, 15) is 0 Å². The lowest BCUT2D eigenvalue weighted by molar-refractivity contribution is 0.875. The maximum atomic E-state index is 4.79. The topological polar surface area (TPSA) is 43.8 Å². The van der Waals surface area contributed by atoms with Crippen molar-refractivity contribution in [3.05, 3.63) is 40.9 Å². The number of guanidine groups is 1. The maximum Gasteiger partial charge on any atom is 0.198 e. The van der Waals surface area contributed by atoms with Gasteiger partial charge >= 0.3 is 0 Å². The van der Waals surface area contributed by atoms with Crippen LogP contribution in [0.2, 0.25) is 0 Å². The van der Waals surface area contributed by atoms with Crippen LogP contribution < -0.4 is 15.1 Å². The Labute approximate surface area is 141 Å². The van der Waals surface area contributed by atoms with Gasteiger partial charge in [-0.05, 0) is 25.0 Å². The molecule has 0 saturated carbocycles. The molecule has 0 aliphatic carbocycles. The van der Waals surface area contributed by atoms with E-state index in [1.54, 1.807) is 11.3 Å². The molecule has 6 heteroatoms. The number of rotatable bonds is 4. The van der Waals surface area contributed by atoms with Crippen LogP contribution in [0.4, 0.5) is 10.8 Å². The lowest BCUT2D eigenvalue weighted by Gasteiger charge is -2.22. The van der Waals surface area contributed by atoms with Gasteiger partial charge in [-0.2, -0.15) is 0 Å². The summed E-state index contributed by atoms with van der Waals surface area (Å²) in [6.45, 7) is 4.54. The zero-order valence-electron chi connectivity index (χ0n) is 13.9. The number of nitrogens with zero attached hydrogens (tertiary/aromatic N) is 4. The van der Waals surface area contributed by atoms with Crippen molar-refractivity contribution in [1.82, 2.24) is 10.3 Å². The van der Waals surface area contributed by atoms with Crippen molar-refractivity contribution in [1.29, 1.82) is 0 Å². The van der Waals surface area contributed by atoms with Crippen molar-refractivity contribution in [2.75, 3.05) is 37.0 Å². The van der Waals surface area contributed by atoms with Crippen molar-refractivity contribution in [2.45, 2.75) is 19.9 Å². The average molecular weight is 329 g/mol. The van der Waals surface area contributed by atoms with Gasteiger partial charge in [0.1, 0.15) is 0 Å². The molecule has 5 nitrogen and oxygen atoms in total. The minimum Gasteiger partial charge on any atom is -0.356 e. The van der Waals surface area contributed by atoms with Gasteiger partial charge in [-0.25, -0.2) is 9.98 Å². The fourth-order valence-corrected chi connectivity index (χ4v) is 3.43. The molecular formula is C17H23N5S. The number of hydrogen-bond acceptors (Lipinski definition) is 4.